The quantitative estimate of drug-likeness (QED) is 0.875. The van der Waals surface area contributed by atoms with Crippen molar-refractivity contribution < 1.29 is 14.1 Å². The van der Waals surface area contributed by atoms with Crippen LogP contribution in [0.3, 0.4) is 0 Å². The van der Waals surface area contributed by atoms with E-state index in [1.807, 2.05) is 34.6 Å². The van der Waals surface area contributed by atoms with Crippen LogP contribution in [0.5, 0.6) is 0 Å². The fraction of sp³-hybridized carbons (Fsp3) is 0.667. The van der Waals surface area contributed by atoms with Gasteiger partial charge in [0.15, 0.2) is 5.82 Å². The molecule has 21 heavy (non-hydrogen) atoms. The lowest BCUT2D eigenvalue weighted by Crippen LogP contribution is -2.44. The number of amides is 2. The topological polar surface area (TPSA) is 75.4 Å². The van der Waals surface area contributed by atoms with E-state index in [1.54, 1.807) is 11.0 Å². The number of anilines is 1. The summed E-state index contributed by atoms with van der Waals surface area (Å²) in [5.41, 5.74) is -0.106. The maximum absolute atomic E-state index is 12.4. The first kappa shape index (κ1) is 17.2. The zero-order valence-electron chi connectivity index (χ0n) is 13.5. The van der Waals surface area contributed by atoms with Crippen molar-refractivity contribution in [2.24, 2.45) is 5.41 Å². The summed E-state index contributed by atoms with van der Waals surface area (Å²) in [5, 5.41) is 6.23. The second-order valence-corrected chi connectivity index (χ2v) is 6.45. The zero-order chi connectivity index (χ0) is 16.0. The second-order valence-electron chi connectivity index (χ2n) is 6.45. The van der Waals surface area contributed by atoms with Gasteiger partial charge in [0.2, 0.25) is 11.8 Å². The molecule has 0 radical (unpaired) electrons. The van der Waals surface area contributed by atoms with E-state index in [0.717, 1.165) is 6.42 Å². The Morgan fingerprint density at radius 1 is 1.43 bits per heavy atom. The molecule has 0 aliphatic heterocycles. The Labute approximate surface area is 125 Å². The van der Waals surface area contributed by atoms with Gasteiger partial charge in [-0.2, -0.15) is 0 Å². The number of rotatable bonds is 6. The van der Waals surface area contributed by atoms with Crippen LogP contribution >= 0.6 is 0 Å². The first-order valence-electron chi connectivity index (χ1n) is 7.22. The molecule has 0 aliphatic rings. The molecule has 1 atom stereocenters. The first-order chi connectivity index (χ1) is 9.73. The molecule has 0 aromatic carbocycles. The van der Waals surface area contributed by atoms with E-state index in [2.05, 4.69) is 15.0 Å². The molecule has 0 aliphatic carbocycles. The van der Waals surface area contributed by atoms with Crippen molar-refractivity contribution >= 4 is 17.6 Å². The molecule has 1 aromatic heterocycles. The predicted octanol–water partition coefficient (Wildman–Crippen LogP) is 2.68. The summed E-state index contributed by atoms with van der Waals surface area (Å²) in [6, 6.07) is 1.57. The number of carbonyl (C=O) groups excluding carboxylic acids is 2. The van der Waals surface area contributed by atoms with Crippen LogP contribution in [0.1, 0.15) is 47.5 Å². The van der Waals surface area contributed by atoms with Gasteiger partial charge in [0.1, 0.15) is 12.8 Å². The van der Waals surface area contributed by atoms with Crippen LogP contribution in [0.25, 0.3) is 0 Å². The van der Waals surface area contributed by atoms with Crippen LogP contribution in [0, 0.1) is 5.41 Å². The highest BCUT2D eigenvalue weighted by Gasteiger charge is 2.26. The van der Waals surface area contributed by atoms with E-state index in [9.17, 15) is 9.59 Å². The molecule has 6 heteroatoms. The standard InChI is InChI=1S/C15H25N3O3/c1-6-11(2)18(14(20)9-15(3,4)5)10-13(19)16-12-7-8-21-17-12/h7-8,11H,6,9-10H2,1-5H3,(H,16,17,19). The molecule has 0 bridgehead atoms. The van der Waals surface area contributed by atoms with Crippen molar-refractivity contribution in [3.63, 3.8) is 0 Å². The smallest absolute Gasteiger partial charge is 0.245 e. The van der Waals surface area contributed by atoms with Crippen LogP contribution in [0.2, 0.25) is 0 Å². The van der Waals surface area contributed by atoms with Crippen molar-refractivity contribution in [2.45, 2.75) is 53.5 Å². The Morgan fingerprint density at radius 2 is 2.10 bits per heavy atom. The molecule has 1 rings (SSSR count). The van der Waals surface area contributed by atoms with Crippen molar-refractivity contribution in [1.82, 2.24) is 10.1 Å². The minimum atomic E-state index is -0.272. The molecule has 0 fully saturated rings. The lowest BCUT2D eigenvalue weighted by Gasteiger charge is -2.30. The highest BCUT2D eigenvalue weighted by atomic mass is 16.5. The van der Waals surface area contributed by atoms with Crippen molar-refractivity contribution in [1.29, 1.82) is 0 Å². The van der Waals surface area contributed by atoms with Crippen molar-refractivity contribution in [3.05, 3.63) is 12.3 Å². The Bertz CT molecular complexity index is 463. The summed E-state index contributed by atoms with van der Waals surface area (Å²) in [6.07, 6.45) is 2.59. The number of hydrogen-bond acceptors (Lipinski definition) is 4. The molecular formula is C15H25N3O3. The Morgan fingerprint density at radius 3 is 2.57 bits per heavy atom. The lowest BCUT2D eigenvalue weighted by atomic mass is 9.91. The van der Waals surface area contributed by atoms with Gasteiger partial charge >= 0.3 is 0 Å². The normalized spacial score (nSPS) is 12.8. The largest absolute Gasteiger partial charge is 0.363 e. The van der Waals surface area contributed by atoms with E-state index in [-0.39, 0.29) is 29.8 Å². The third-order valence-electron chi connectivity index (χ3n) is 3.14. The van der Waals surface area contributed by atoms with Gasteiger partial charge in [0.25, 0.3) is 0 Å². The third kappa shape index (κ3) is 5.97. The highest BCUT2D eigenvalue weighted by molar-refractivity contribution is 5.93. The maximum atomic E-state index is 12.4. The molecule has 0 spiro atoms. The number of aromatic nitrogens is 1. The molecule has 2 amide bonds. The number of carbonyl (C=O) groups is 2. The van der Waals surface area contributed by atoms with Crippen molar-refractivity contribution in [2.75, 3.05) is 11.9 Å². The van der Waals surface area contributed by atoms with Crippen molar-refractivity contribution in [3.8, 4) is 0 Å². The Balaban J connectivity index is 2.69. The van der Waals surface area contributed by atoms with Gasteiger partial charge in [-0.25, -0.2) is 0 Å². The molecule has 118 valence electrons. The molecular weight excluding hydrogens is 270 g/mol. The minimum absolute atomic E-state index is 0.00727. The van der Waals surface area contributed by atoms with Gasteiger partial charge in [0, 0.05) is 18.5 Å². The summed E-state index contributed by atoms with van der Waals surface area (Å²) < 4.78 is 4.66. The van der Waals surface area contributed by atoms with Crippen LogP contribution in [0.4, 0.5) is 5.82 Å². The van der Waals surface area contributed by atoms with Crippen LogP contribution in [-0.4, -0.2) is 34.5 Å². The average Bonchev–Trinajstić information content (AvgIpc) is 2.85. The van der Waals surface area contributed by atoms with Crippen LogP contribution in [-0.2, 0) is 9.59 Å². The second kappa shape index (κ2) is 7.24. The molecule has 1 unspecified atom stereocenters. The molecule has 6 nitrogen and oxygen atoms in total. The van der Waals surface area contributed by atoms with Gasteiger partial charge < -0.3 is 14.7 Å². The number of nitrogens with one attached hydrogen (secondary N) is 1. The molecule has 0 saturated heterocycles. The maximum Gasteiger partial charge on any atom is 0.245 e. The minimum Gasteiger partial charge on any atom is -0.363 e. The molecule has 1 aromatic rings. The van der Waals surface area contributed by atoms with E-state index in [1.165, 1.54) is 6.26 Å². The first-order valence-corrected chi connectivity index (χ1v) is 7.22. The van der Waals surface area contributed by atoms with Gasteiger partial charge in [-0.05, 0) is 18.8 Å². The highest BCUT2D eigenvalue weighted by Crippen LogP contribution is 2.21. The third-order valence-corrected chi connectivity index (χ3v) is 3.14. The van der Waals surface area contributed by atoms with Crippen LogP contribution < -0.4 is 5.32 Å². The summed E-state index contributed by atoms with van der Waals surface area (Å²) in [4.78, 5) is 26.1. The monoisotopic (exact) mass is 295 g/mol. The van der Waals surface area contributed by atoms with E-state index < -0.39 is 0 Å². The molecule has 1 N–H and O–H groups in total. The fourth-order valence-electron chi connectivity index (χ4n) is 1.88. The zero-order valence-corrected chi connectivity index (χ0v) is 13.5. The van der Waals surface area contributed by atoms with Gasteiger partial charge in [0.05, 0.1) is 0 Å². The van der Waals surface area contributed by atoms with E-state index in [4.69, 9.17) is 0 Å². The Hall–Kier alpha value is -1.85. The average molecular weight is 295 g/mol. The SMILES string of the molecule is CCC(C)N(CC(=O)Nc1ccon1)C(=O)CC(C)(C)C. The molecule has 0 saturated carbocycles. The summed E-state index contributed by atoms with van der Waals surface area (Å²) in [6.45, 7) is 10.00. The van der Waals surface area contributed by atoms with Gasteiger partial charge in [-0.15, -0.1) is 0 Å². The summed E-state index contributed by atoms with van der Waals surface area (Å²) in [7, 11) is 0. The fourth-order valence-corrected chi connectivity index (χ4v) is 1.88. The number of nitrogens with zero attached hydrogens (tertiary/aromatic N) is 2. The Kier molecular flexibility index (Phi) is 5.93. The van der Waals surface area contributed by atoms with E-state index in [0.29, 0.717) is 12.2 Å². The summed E-state index contributed by atoms with van der Waals surface area (Å²) in [5.74, 6) is 0.0750. The summed E-state index contributed by atoms with van der Waals surface area (Å²) >= 11 is 0. The molecule has 1 heterocycles. The van der Waals surface area contributed by atoms with E-state index >= 15 is 0 Å². The van der Waals surface area contributed by atoms with Gasteiger partial charge in [-0.1, -0.05) is 32.9 Å². The number of hydrogen-bond donors (Lipinski definition) is 1. The predicted molar refractivity (Wildman–Crippen MR) is 80.7 cm³/mol. The van der Waals surface area contributed by atoms with Crippen LogP contribution in [0.15, 0.2) is 16.9 Å². The lowest BCUT2D eigenvalue weighted by molar-refractivity contribution is -0.138. The van der Waals surface area contributed by atoms with Gasteiger partial charge in [-0.3, -0.25) is 9.59 Å².